The Kier molecular flexibility index (Phi) is 6.12. The van der Waals surface area contributed by atoms with Gasteiger partial charge in [0.2, 0.25) is 0 Å². The minimum atomic E-state index is -0.863. The van der Waals surface area contributed by atoms with Crippen LogP contribution < -0.4 is 10.1 Å². The van der Waals surface area contributed by atoms with E-state index in [1.807, 2.05) is 13.0 Å². The van der Waals surface area contributed by atoms with Crippen LogP contribution in [0, 0.1) is 0 Å². The Morgan fingerprint density at radius 3 is 2.56 bits per heavy atom. The van der Waals surface area contributed by atoms with Crippen LogP contribution in [0.15, 0.2) is 42.5 Å². The smallest absolute Gasteiger partial charge is 0.311 e. The van der Waals surface area contributed by atoms with Crippen LogP contribution in [0.2, 0.25) is 0 Å². The third-order valence-electron chi connectivity index (χ3n) is 4.62. The van der Waals surface area contributed by atoms with Crippen LogP contribution >= 0.6 is 0 Å². The zero-order valence-electron chi connectivity index (χ0n) is 15.8. The van der Waals surface area contributed by atoms with Gasteiger partial charge in [0, 0.05) is 5.69 Å². The summed E-state index contributed by atoms with van der Waals surface area (Å²) in [6.45, 7) is 4.07. The molecule has 27 heavy (non-hydrogen) atoms. The summed E-state index contributed by atoms with van der Waals surface area (Å²) in [5, 5.41) is 2.74. The van der Waals surface area contributed by atoms with Crippen LogP contribution in [0.1, 0.15) is 37.0 Å². The summed E-state index contributed by atoms with van der Waals surface area (Å²) < 4.78 is 10.7. The SMILES string of the molecule is CCOc1ccc(NC(=O)[C@@H](C)OC(=O)Cc2ccc3c(c2)CCC3)cc1. The number of carbonyl (C=O) groups is 2. The van der Waals surface area contributed by atoms with E-state index >= 15 is 0 Å². The van der Waals surface area contributed by atoms with Gasteiger partial charge in [0.05, 0.1) is 13.0 Å². The Balaban J connectivity index is 1.50. The summed E-state index contributed by atoms with van der Waals surface area (Å²) >= 11 is 0. The van der Waals surface area contributed by atoms with Gasteiger partial charge in [-0.05, 0) is 74.1 Å². The zero-order chi connectivity index (χ0) is 19.2. The Morgan fingerprint density at radius 1 is 1.07 bits per heavy atom. The van der Waals surface area contributed by atoms with E-state index in [2.05, 4.69) is 17.4 Å². The molecule has 2 aromatic rings. The van der Waals surface area contributed by atoms with Crippen LogP contribution in [0.25, 0.3) is 0 Å². The van der Waals surface area contributed by atoms with E-state index in [1.54, 1.807) is 31.2 Å². The molecule has 0 aromatic heterocycles. The minimum Gasteiger partial charge on any atom is -0.494 e. The monoisotopic (exact) mass is 367 g/mol. The van der Waals surface area contributed by atoms with Gasteiger partial charge in [0.25, 0.3) is 5.91 Å². The summed E-state index contributed by atoms with van der Waals surface area (Å²) in [5.41, 5.74) is 4.25. The standard InChI is InChI=1S/C22H25NO4/c1-3-26-20-11-9-19(10-12-20)23-22(25)15(2)27-21(24)14-16-7-8-17-5-4-6-18(17)13-16/h7-13,15H,3-6,14H2,1-2H3,(H,23,25)/t15-/m1/s1. The highest BCUT2D eigenvalue weighted by molar-refractivity contribution is 5.95. The molecule has 0 fully saturated rings. The first-order chi connectivity index (χ1) is 13.0. The summed E-state index contributed by atoms with van der Waals surface area (Å²) in [4.78, 5) is 24.4. The van der Waals surface area contributed by atoms with Crippen molar-refractivity contribution >= 4 is 17.6 Å². The predicted molar refractivity (Wildman–Crippen MR) is 104 cm³/mol. The molecule has 1 aliphatic rings. The fourth-order valence-electron chi connectivity index (χ4n) is 3.24. The number of amides is 1. The average molecular weight is 367 g/mol. The molecule has 5 heteroatoms. The number of carbonyl (C=O) groups excluding carboxylic acids is 2. The molecular formula is C22H25NO4. The highest BCUT2D eigenvalue weighted by Crippen LogP contribution is 2.23. The molecule has 0 heterocycles. The van der Waals surface area contributed by atoms with Gasteiger partial charge in [-0.15, -0.1) is 0 Å². The Labute approximate surface area is 159 Å². The van der Waals surface area contributed by atoms with Crippen LogP contribution in [0.4, 0.5) is 5.69 Å². The molecule has 2 aromatic carbocycles. The van der Waals surface area contributed by atoms with Crippen molar-refractivity contribution in [2.75, 3.05) is 11.9 Å². The molecule has 5 nitrogen and oxygen atoms in total. The van der Waals surface area contributed by atoms with Gasteiger partial charge < -0.3 is 14.8 Å². The van der Waals surface area contributed by atoms with Gasteiger partial charge in [-0.3, -0.25) is 9.59 Å². The highest BCUT2D eigenvalue weighted by Gasteiger charge is 2.19. The fourth-order valence-corrected chi connectivity index (χ4v) is 3.24. The van der Waals surface area contributed by atoms with E-state index in [9.17, 15) is 9.59 Å². The number of aryl methyl sites for hydroxylation is 2. The fraction of sp³-hybridized carbons (Fsp3) is 0.364. The van der Waals surface area contributed by atoms with Crippen molar-refractivity contribution in [2.45, 2.75) is 45.6 Å². The number of esters is 1. The van der Waals surface area contributed by atoms with Crippen LogP contribution in [-0.2, 0) is 33.6 Å². The molecule has 1 atom stereocenters. The number of benzene rings is 2. The number of hydrogen-bond donors (Lipinski definition) is 1. The van der Waals surface area contributed by atoms with E-state index in [0.29, 0.717) is 12.3 Å². The lowest BCUT2D eigenvalue weighted by Crippen LogP contribution is -2.30. The zero-order valence-corrected chi connectivity index (χ0v) is 15.8. The Hall–Kier alpha value is -2.82. The van der Waals surface area contributed by atoms with E-state index in [-0.39, 0.29) is 12.3 Å². The number of ether oxygens (including phenoxy) is 2. The van der Waals surface area contributed by atoms with Crippen LogP contribution in [0.3, 0.4) is 0 Å². The highest BCUT2D eigenvalue weighted by atomic mass is 16.5. The first-order valence-electron chi connectivity index (χ1n) is 9.39. The molecule has 0 unspecified atom stereocenters. The van der Waals surface area contributed by atoms with Crippen molar-refractivity contribution < 1.29 is 19.1 Å². The normalized spacial score (nSPS) is 13.6. The van der Waals surface area contributed by atoms with Gasteiger partial charge in [0.15, 0.2) is 6.10 Å². The number of fused-ring (bicyclic) bond motifs is 1. The number of nitrogens with one attached hydrogen (secondary N) is 1. The summed E-state index contributed by atoms with van der Waals surface area (Å²) in [7, 11) is 0. The Bertz CT molecular complexity index is 814. The molecule has 0 bridgehead atoms. The molecular weight excluding hydrogens is 342 g/mol. The Morgan fingerprint density at radius 2 is 1.81 bits per heavy atom. The van der Waals surface area contributed by atoms with Gasteiger partial charge in [-0.1, -0.05) is 18.2 Å². The number of rotatable bonds is 7. The summed E-state index contributed by atoms with van der Waals surface area (Å²) in [5.74, 6) is -0.0203. The molecule has 0 spiro atoms. The molecule has 0 radical (unpaired) electrons. The number of anilines is 1. The lowest BCUT2D eigenvalue weighted by atomic mass is 10.0. The van der Waals surface area contributed by atoms with Gasteiger partial charge in [-0.2, -0.15) is 0 Å². The van der Waals surface area contributed by atoms with E-state index in [4.69, 9.17) is 9.47 Å². The first-order valence-corrected chi connectivity index (χ1v) is 9.39. The largest absolute Gasteiger partial charge is 0.494 e. The van der Waals surface area contributed by atoms with Crippen molar-refractivity contribution in [3.05, 3.63) is 59.2 Å². The lowest BCUT2D eigenvalue weighted by Gasteiger charge is -2.14. The van der Waals surface area contributed by atoms with E-state index in [1.165, 1.54) is 17.5 Å². The maximum Gasteiger partial charge on any atom is 0.311 e. The van der Waals surface area contributed by atoms with Gasteiger partial charge >= 0.3 is 5.97 Å². The quantitative estimate of drug-likeness (QED) is 0.758. The van der Waals surface area contributed by atoms with E-state index < -0.39 is 12.1 Å². The van der Waals surface area contributed by atoms with Crippen molar-refractivity contribution in [2.24, 2.45) is 0 Å². The third kappa shape index (κ3) is 5.09. The molecule has 1 amide bonds. The summed E-state index contributed by atoms with van der Waals surface area (Å²) in [6, 6.07) is 13.2. The second-order valence-electron chi connectivity index (χ2n) is 6.71. The number of hydrogen-bond acceptors (Lipinski definition) is 4. The maximum absolute atomic E-state index is 12.2. The molecule has 0 saturated carbocycles. The van der Waals surface area contributed by atoms with Crippen LogP contribution in [0.5, 0.6) is 5.75 Å². The molecule has 0 aliphatic heterocycles. The van der Waals surface area contributed by atoms with Crippen molar-refractivity contribution in [3.8, 4) is 5.75 Å². The summed E-state index contributed by atoms with van der Waals surface area (Å²) in [6.07, 6.45) is 2.67. The van der Waals surface area contributed by atoms with Crippen molar-refractivity contribution in [1.29, 1.82) is 0 Å². The minimum absolute atomic E-state index is 0.175. The predicted octanol–water partition coefficient (Wildman–Crippen LogP) is 3.69. The second-order valence-corrected chi connectivity index (χ2v) is 6.71. The second kappa shape index (κ2) is 8.71. The molecule has 1 aliphatic carbocycles. The maximum atomic E-state index is 12.2. The van der Waals surface area contributed by atoms with Gasteiger partial charge in [0.1, 0.15) is 5.75 Å². The first kappa shape index (κ1) is 19.0. The topological polar surface area (TPSA) is 64.6 Å². The average Bonchev–Trinajstić information content (AvgIpc) is 3.11. The molecule has 3 rings (SSSR count). The van der Waals surface area contributed by atoms with Crippen molar-refractivity contribution in [1.82, 2.24) is 0 Å². The van der Waals surface area contributed by atoms with Crippen molar-refractivity contribution in [3.63, 3.8) is 0 Å². The molecule has 142 valence electrons. The molecule has 0 saturated heterocycles. The molecule has 1 N–H and O–H groups in total. The third-order valence-corrected chi connectivity index (χ3v) is 4.62. The van der Waals surface area contributed by atoms with E-state index in [0.717, 1.165) is 24.2 Å². The van der Waals surface area contributed by atoms with Crippen LogP contribution in [-0.4, -0.2) is 24.6 Å². The lowest BCUT2D eigenvalue weighted by molar-refractivity contribution is -0.152. The van der Waals surface area contributed by atoms with Gasteiger partial charge in [-0.25, -0.2) is 0 Å².